The predicted molar refractivity (Wildman–Crippen MR) is 79.4 cm³/mol. The van der Waals surface area contributed by atoms with Crippen LogP contribution in [0.5, 0.6) is 5.75 Å². The highest BCUT2D eigenvalue weighted by Gasteiger charge is 2.21. The van der Waals surface area contributed by atoms with E-state index in [2.05, 4.69) is 21.1 Å². The number of hydrogen-bond acceptors (Lipinski definition) is 4. The fraction of sp³-hybridized carbons (Fsp3) is 0.214. The summed E-state index contributed by atoms with van der Waals surface area (Å²) in [5.74, 6) is 0.886. The number of halogens is 1. The molecule has 0 atom stereocenters. The molecule has 0 fully saturated rings. The third-order valence-electron chi connectivity index (χ3n) is 3.23. The van der Waals surface area contributed by atoms with Crippen molar-refractivity contribution in [1.82, 2.24) is 0 Å². The highest BCUT2D eigenvalue weighted by Crippen LogP contribution is 2.32. The molecule has 1 aromatic carbocycles. The minimum atomic E-state index is 0.556. The van der Waals surface area contributed by atoms with Crippen LogP contribution in [0.25, 0.3) is 0 Å². The summed E-state index contributed by atoms with van der Waals surface area (Å²) in [6.45, 7) is 0.556. The van der Waals surface area contributed by atoms with Crippen molar-refractivity contribution in [3.8, 4) is 5.75 Å². The summed E-state index contributed by atoms with van der Waals surface area (Å²) in [5.41, 5.74) is 2.89. The molecule has 1 heterocycles. The van der Waals surface area contributed by atoms with Gasteiger partial charge in [-0.15, -0.1) is 11.3 Å². The van der Waals surface area contributed by atoms with Crippen molar-refractivity contribution < 1.29 is 9.94 Å². The number of fused-ring (bicyclic) bond motifs is 1. The minimum absolute atomic E-state index is 0.556. The molecule has 1 aliphatic carbocycles. The molecule has 98 valence electrons. The number of oxime groups is 1. The standard InChI is InChI=1S/C14H12BrNO2S/c15-11-6-7-19-14(11)8-18-13-3-1-2-9-10(13)4-5-12(9)16-17/h1-3,6-7,17H,4-5,8H2/b16-12-. The fourth-order valence-corrected chi connectivity index (χ4v) is 3.66. The van der Waals surface area contributed by atoms with E-state index in [-0.39, 0.29) is 0 Å². The van der Waals surface area contributed by atoms with Crippen LogP contribution >= 0.6 is 27.3 Å². The molecule has 0 spiro atoms. The van der Waals surface area contributed by atoms with Crippen LogP contribution in [0.3, 0.4) is 0 Å². The Hall–Kier alpha value is -1.33. The van der Waals surface area contributed by atoms with E-state index in [1.165, 1.54) is 4.88 Å². The normalized spacial score (nSPS) is 15.7. The van der Waals surface area contributed by atoms with Crippen molar-refractivity contribution in [3.63, 3.8) is 0 Å². The molecule has 3 nitrogen and oxygen atoms in total. The molecule has 1 N–H and O–H groups in total. The zero-order chi connectivity index (χ0) is 13.2. The van der Waals surface area contributed by atoms with E-state index in [9.17, 15) is 0 Å². The van der Waals surface area contributed by atoms with Crippen molar-refractivity contribution >= 4 is 33.0 Å². The fourth-order valence-electron chi connectivity index (χ4n) is 2.28. The lowest BCUT2D eigenvalue weighted by Gasteiger charge is -2.10. The third-order valence-corrected chi connectivity index (χ3v) is 5.13. The van der Waals surface area contributed by atoms with Gasteiger partial charge in [0, 0.05) is 15.6 Å². The number of hydrogen-bond donors (Lipinski definition) is 1. The molecule has 3 rings (SSSR count). The van der Waals surface area contributed by atoms with Crippen LogP contribution in [-0.4, -0.2) is 10.9 Å². The Morgan fingerprint density at radius 3 is 2.95 bits per heavy atom. The second-order valence-corrected chi connectivity index (χ2v) is 6.16. The molecule has 0 aliphatic heterocycles. The first-order chi connectivity index (χ1) is 9.29. The van der Waals surface area contributed by atoms with E-state index >= 15 is 0 Å². The van der Waals surface area contributed by atoms with Gasteiger partial charge in [0.05, 0.1) is 10.6 Å². The quantitative estimate of drug-likeness (QED) is 0.673. The first kappa shape index (κ1) is 12.7. The van der Waals surface area contributed by atoms with E-state index in [0.29, 0.717) is 6.61 Å². The van der Waals surface area contributed by atoms with Gasteiger partial charge in [0.1, 0.15) is 12.4 Å². The number of thiophene rings is 1. The molecule has 0 saturated carbocycles. The Balaban J connectivity index is 1.83. The Morgan fingerprint density at radius 2 is 2.21 bits per heavy atom. The Morgan fingerprint density at radius 1 is 1.32 bits per heavy atom. The van der Waals surface area contributed by atoms with Crippen molar-refractivity contribution in [2.45, 2.75) is 19.4 Å². The molecule has 1 aromatic heterocycles. The molecule has 0 amide bonds. The number of benzene rings is 1. The monoisotopic (exact) mass is 337 g/mol. The first-order valence-electron chi connectivity index (χ1n) is 5.97. The lowest BCUT2D eigenvalue weighted by atomic mass is 10.1. The van der Waals surface area contributed by atoms with Gasteiger partial charge >= 0.3 is 0 Å². The molecule has 1 aliphatic rings. The van der Waals surface area contributed by atoms with Gasteiger partial charge in [0.25, 0.3) is 0 Å². The van der Waals surface area contributed by atoms with E-state index < -0.39 is 0 Å². The van der Waals surface area contributed by atoms with Crippen molar-refractivity contribution in [3.05, 3.63) is 50.1 Å². The van der Waals surface area contributed by atoms with Crippen LogP contribution in [0.4, 0.5) is 0 Å². The van der Waals surface area contributed by atoms with Crippen LogP contribution in [-0.2, 0) is 13.0 Å². The Labute approximate surface area is 123 Å². The summed E-state index contributed by atoms with van der Waals surface area (Å²) in [7, 11) is 0. The van der Waals surface area contributed by atoms with Crippen LogP contribution in [0.15, 0.2) is 39.3 Å². The van der Waals surface area contributed by atoms with Crippen LogP contribution < -0.4 is 4.74 Å². The average Bonchev–Trinajstić information content (AvgIpc) is 3.02. The summed E-state index contributed by atoms with van der Waals surface area (Å²) >= 11 is 5.17. The maximum absolute atomic E-state index is 8.96. The summed E-state index contributed by atoms with van der Waals surface area (Å²) in [5, 5.41) is 14.3. The molecule has 2 aromatic rings. The molecule has 0 radical (unpaired) electrons. The van der Waals surface area contributed by atoms with E-state index in [1.54, 1.807) is 11.3 Å². The zero-order valence-electron chi connectivity index (χ0n) is 10.1. The van der Waals surface area contributed by atoms with Gasteiger partial charge in [-0.2, -0.15) is 0 Å². The second kappa shape index (κ2) is 5.35. The van der Waals surface area contributed by atoms with Crippen LogP contribution in [0, 0.1) is 0 Å². The van der Waals surface area contributed by atoms with Gasteiger partial charge in [-0.1, -0.05) is 17.3 Å². The number of ether oxygens (including phenoxy) is 1. The van der Waals surface area contributed by atoms with Gasteiger partial charge in [-0.05, 0) is 46.3 Å². The maximum Gasteiger partial charge on any atom is 0.124 e. The van der Waals surface area contributed by atoms with Crippen molar-refractivity contribution in [2.75, 3.05) is 0 Å². The summed E-state index contributed by atoms with van der Waals surface area (Å²) in [4.78, 5) is 1.17. The third kappa shape index (κ3) is 2.40. The Bertz CT molecular complexity index is 636. The predicted octanol–water partition coefficient (Wildman–Crippen LogP) is 4.21. The second-order valence-electron chi connectivity index (χ2n) is 4.31. The molecular formula is C14H12BrNO2S. The van der Waals surface area contributed by atoms with Gasteiger partial charge < -0.3 is 9.94 Å². The lowest BCUT2D eigenvalue weighted by Crippen LogP contribution is -1.98. The number of rotatable bonds is 3. The zero-order valence-corrected chi connectivity index (χ0v) is 12.5. The average molecular weight is 338 g/mol. The van der Waals surface area contributed by atoms with Gasteiger partial charge in [-0.3, -0.25) is 0 Å². The molecule has 0 unspecified atom stereocenters. The maximum atomic E-state index is 8.96. The molecular weight excluding hydrogens is 326 g/mol. The number of nitrogens with zero attached hydrogens (tertiary/aromatic N) is 1. The summed E-state index contributed by atoms with van der Waals surface area (Å²) < 4.78 is 7.00. The molecule has 19 heavy (non-hydrogen) atoms. The molecule has 5 heteroatoms. The van der Waals surface area contributed by atoms with E-state index in [4.69, 9.17) is 9.94 Å². The highest BCUT2D eigenvalue weighted by molar-refractivity contribution is 9.10. The topological polar surface area (TPSA) is 41.8 Å². The van der Waals surface area contributed by atoms with Crippen molar-refractivity contribution in [2.24, 2.45) is 5.16 Å². The van der Waals surface area contributed by atoms with E-state index in [1.807, 2.05) is 29.6 Å². The SMILES string of the molecule is O/N=C1/CCc2c(OCc3sccc3Br)cccc21. The first-order valence-corrected chi connectivity index (χ1v) is 7.64. The summed E-state index contributed by atoms with van der Waals surface area (Å²) in [6.07, 6.45) is 1.64. The van der Waals surface area contributed by atoms with Gasteiger partial charge in [0.15, 0.2) is 0 Å². The summed E-state index contributed by atoms with van der Waals surface area (Å²) in [6, 6.07) is 7.91. The smallest absolute Gasteiger partial charge is 0.124 e. The van der Waals surface area contributed by atoms with E-state index in [0.717, 1.165) is 39.9 Å². The molecule has 0 saturated heterocycles. The van der Waals surface area contributed by atoms with Gasteiger partial charge in [-0.25, -0.2) is 0 Å². The lowest BCUT2D eigenvalue weighted by molar-refractivity contribution is 0.306. The van der Waals surface area contributed by atoms with Crippen LogP contribution in [0.2, 0.25) is 0 Å². The van der Waals surface area contributed by atoms with Gasteiger partial charge in [0.2, 0.25) is 0 Å². The largest absolute Gasteiger partial charge is 0.488 e. The van der Waals surface area contributed by atoms with Crippen molar-refractivity contribution in [1.29, 1.82) is 0 Å². The highest BCUT2D eigenvalue weighted by atomic mass is 79.9. The molecule has 0 bridgehead atoms. The Kier molecular flexibility index (Phi) is 3.57. The van der Waals surface area contributed by atoms with Crippen LogP contribution in [0.1, 0.15) is 22.4 Å². The minimum Gasteiger partial charge on any atom is -0.488 e.